The summed E-state index contributed by atoms with van der Waals surface area (Å²) in [5.74, 6) is 0. The van der Waals surface area contributed by atoms with Crippen LogP contribution in [0.4, 0.5) is 0 Å². The summed E-state index contributed by atoms with van der Waals surface area (Å²) in [4.78, 5) is 9.26. The zero-order chi connectivity index (χ0) is 31.9. The van der Waals surface area contributed by atoms with Gasteiger partial charge in [0.1, 0.15) is 0 Å². The van der Waals surface area contributed by atoms with E-state index in [-0.39, 0.29) is 0 Å². The summed E-state index contributed by atoms with van der Waals surface area (Å²) in [5.41, 5.74) is 11.8. The summed E-state index contributed by atoms with van der Waals surface area (Å²) < 4.78 is 0. The van der Waals surface area contributed by atoms with Crippen LogP contribution in [0.1, 0.15) is 18.4 Å². The van der Waals surface area contributed by atoms with Crippen LogP contribution < -0.4 is 0 Å². The van der Waals surface area contributed by atoms with Crippen LogP contribution in [0.15, 0.2) is 175 Å². The lowest BCUT2D eigenvalue weighted by Crippen LogP contribution is -2.02. The van der Waals surface area contributed by atoms with Crippen LogP contribution in [-0.2, 0) is 0 Å². The maximum atomic E-state index is 4.67. The molecule has 1 aromatic heterocycles. The lowest BCUT2D eigenvalue weighted by Gasteiger charge is -2.19. The molecule has 226 valence electrons. The van der Waals surface area contributed by atoms with Crippen molar-refractivity contribution in [3.8, 4) is 44.6 Å². The van der Waals surface area contributed by atoms with E-state index in [1.165, 1.54) is 71.3 Å². The molecule has 2 nitrogen and oxygen atoms in total. The van der Waals surface area contributed by atoms with Crippen LogP contribution in [0.25, 0.3) is 77.0 Å². The molecule has 0 fully saturated rings. The molecule has 0 amide bonds. The molecule has 0 atom stereocenters. The minimum Gasteiger partial charge on any atom is -0.261 e. The zero-order valence-corrected chi connectivity index (χ0v) is 26.5. The summed E-state index contributed by atoms with van der Waals surface area (Å²) >= 11 is 0. The third-order valence-corrected chi connectivity index (χ3v) is 9.65. The first-order chi connectivity index (χ1) is 23.8. The zero-order valence-electron chi connectivity index (χ0n) is 26.5. The SMILES string of the molecule is C1=CN=C(c2ccc(-c3c4ccccc4c(-c4ccc(-c5ccccn5)cc4)c4ccc(-c5cccc6ccccc56)cc34)cc2)CC1. The molecule has 0 aliphatic carbocycles. The Bertz CT molecular complexity index is 2520. The third kappa shape index (κ3) is 4.90. The van der Waals surface area contributed by atoms with Crippen molar-refractivity contribution in [1.29, 1.82) is 0 Å². The molecule has 2 heterocycles. The van der Waals surface area contributed by atoms with Gasteiger partial charge < -0.3 is 0 Å². The van der Waals surface area contributed by atoms with Gasteiger partial charge in [0.2, 0.25) is 0 Å². The lowest BCUT2D eigenvalue weighted by molar-refractivity contribution is 1.06. The summed E-state index contributed by atoms with van der Waals surface area (Å²) in [6.07, 6.45) is 7.94. The molecule has 9 rings (SSSR count). The summed E-state index contributed by atoms with van der Waals surface area (Å²) in [7, 11) is 0. The molecule has 0 N–H and O–H groups in total. The second-order valence-corrected chi connectivity index (χ2v) is 12.5. The minimum atomic E-state index is 0.976. The van der Waals surface area contributed by atoms with Crippen LogP contribution in [0.5, 0.6) is 0 Å². The van der Waals surface area contributed by atoms with Crippen LogP contribution in [-0.4, -0.2) is 10.7 Å². The van der Waals surface area contributed by atoms with Crippen molar-refractivity contribution in [3.05, 3.63) is 176 Å². The van der Waals surface area contributed by atoms with Crippen molar-refractivity contribution in [3.63, 3.8) is 0 Å². The van der Waals surface area contributed by atoms with E-state index >= 15 is 0 Å². The Morgan fingerprint density at radius 2 is 1.04 bits per heavy atom. The summed E-state index contributed by atoms with van der Waals surface area (Å²) in [6, 6.07) is 55.2. The maximum Gasteiger partial charge on any atom is 0.0701 e. The van der Waals surface area contributed by atoms with Crippen molar-refractivity contribution in [2.24, 2.45) is 4.99 Å². The number of benzene rings is 7. The Labute approximate surface area is 280 Å². The van der Waals surface area contributed by atoms with Gasteiger partial charge in [-0.1, -0.05) is 140 Å². The Balaban J connectivity index is 1.30. The van der Waals surface area contributed by atoms with Crippen molar-refractivity contribution in [2.75, 3.05) is 0 Å². The van der Waals surface area contributed by atoms with Crippen molar-refractivity contribution >= 4 is 38.0 Å². The van der Waals surface area contributed by atoms with Crippen molar-refractivity contribution < 1.29 is 0 Å². The first kappa shape index (κ1) is 28.1. The average molecular weight is 613 g/mol. The fourth-order valence-corrected chi connectivity index (χ4v) is 7.34. The van der Waals surface area contributed by atoms with Crippen LogP contribution in [0.2, 0.25) is 0 Å². The van der Waals surface area contributed by atoms with Gasteiger partial charge in [0.15, 0.2) is 0 Å². The molecular weight excluding hydrogens is 581 g/mol. The molecule has 0 radical (unpaired) electrons. The molecule has 0 saturated carbocycles. The number of aromatic nitrogens is 1. The van der Waals surface area contributed by atoms with Crippen LogP contribution >= 0.6 is 0 Å². The van der Waals surface area contributed by atoms with E-state index in [4.69, 9.17) is 0 Å². The molecule has 8 aromatic rings. The first-order valence-corrected chi connectivity index (χ1v) is 16.6. The number of aliphatic imine (C=N–C) groups is 1. The number of fused-ring (bicyclic) bond motifs is 3. The second kappa shape index (κ2) is 11.9. The van der Waals surface area contributed by atoms with Gasteiger partial charge in [-0.15, -0.1) is 0 Å². The van der Waals surface area contributed by atoms with Gasteiger partial charge in [-0.3, -0.25) is 9.98 Å². The number of allylic oxidation sites excluding steroid dienone is 1. The van der Waals surface area contributed by atoms with Gasteiger partial charge in [0, 0.05) is 23.7 Å². The Kier molecular flexibility index (Phi) is 6.98. The summed E-state index contributed by atoms with van der Waals surface area (Å²) in [5, 5.41) is 7.49. The lowest BCUT2D eigenvalue weighted by atomic mass is 9.84. The van der Waals surface area contributed by atoms with E-state index in [0.29, 0.717) is 0 Å². The highest BCUT2D eigenvalue weighted by molar-refractivity contribution is 6.22. The van der Waals surface area contributed by atoms with Gasteiger partial charge in [-0.25, -0.2) is 0 Å². The van der Waals surface area contributed by atoms with E-state index in [0.717, 1.165) is 29.8 Å². The van der Waals surface area contributed by atoms with Gasteiger partial charge in [0.25, 0.3) is 0 Å². The Hall–Kier alpha value is -6.12. The molecule has 2 heteroatoms. The normalized spacial score (nSPS) is 12.9. The van der Waals surface area contributed by atoms with Gasteiger partial charge in [-0.05, 0) is 102 Å². The standard InChI is InChI=1S/C46H32N2/c1-2-12-37-31(10-1)11-9-15-38(37)36-26-27-41-42(30-36)46(35-24-20-33(21-25-35)44-17-6-8-29-48-44)40-14-4-3-13-39(40)45(41)34-22-18-32(19-23-34)43-16-5-7-28-47-43/h1-5,7-16,18-30H,6,17H2. The molecule has 0 bridgehead atoms. The highest BCUT2D eigenvalue weighted by atomic mass is 14.7. The minimum absolute atomic E-state index is 0.976. The second-order valence-electron chi connectivity index (χ2n) is 12.5. The summed E-state index contributed by atoms with van der Waals surface area (Å²) in [6.45, 7) is 0. The fraction of sp³-hybridized carbons (Fsp3) is 0.0435. The Morgan fingerprint density at radius 3 is 1.75 bits per heavy atom. The highest BCUT2D eigenvalue weighted by Crippen LogP contribution is 2.45. The number of hydrogen-bond donors (Lipinski definition) is 0. The highest BCUT2D eigenvalue weighted by Gasteiger charge is 2.18. The number of pyridine rings is 1. The largest absolute Gasteiger partial charge is 0.261 e. The third-order valence-electron chi connectivity index (χ3n) is 9.65. The van der Waals surface area contributed by atoms with E-state index in [9.17, 15) is 0 Å². The predicted octanol–water partition coefficient (Wildman–Crippen LogP) is 12.3. The van der Waals surface area contributed by atoms with E-state index in [2.05, 4.69) is 156 Å². The van der Waals surface area contributed by atoms with Crippen LogP contribution in [0, 0.1) is 0 Å². The van der Waals surface area contributed by atoms with Gasteiger partial charge in [-0.2, -0.15) is 0 Å². The quantitative estimate of drug-likeness (QED) is 0.178. The van der Waals surface area contributed by atoms with Crippen molar-refractivity contribution in [2.45, 2.75) is 12.8 Å². The van der Waals surface area contributed by atoms with Gasteiger partial charge in [0.05, 0.1) is 5.69 Å². The topological polar surface area (TPSA) is 25.2 Å². The van der Waals surface area contributed by atoms with E-state index in [1.54, 1.807) is 0 Å². The molecule has 0 saturated heterocycles. The number of nitrogens with zero attached hydrogens (tertiary/aromatic N) is 2. The predicted molar refractivity (Wildman–Crippen MR) is 203 cm³/mol. The molecule has 0 spiro atoms. The molecule has 48 heavy (non-hydrogen) atoms. The monoisotopic (exact) mass is 612 g/mol. The van der Waals surface area contributed by atoms with E-state index < -0.39 is 0 Å². The molecule has 0 unspecified atom stereocenters. The Morgan fingerprint density at radius 1 is 0.438 bits per heavy atom. The molecule has 7 aromatic carbocycles. The average Bonchev–Trinajstić information content (AvgIpc) is 3.17. The number of rotatable bonds is 5. The van der Waals surface area contributed by atoms with Crippen molar-refractivity contribution in [1.82, 2.24) is 4.98 Å². The van der Waals surface area contributed by atoms with E-state index in [1.807, 2.05) is 24.5 Å². The molecule has 1 aliphatic rings. The number of hydrogen-bond acceptors (Lipinski definition) is 2. The molecular formula is C46H32N2. The van der Waals surface area contributed by atoms with Crippen LogP contribution in [0.3, 0.4) is 0 Å². The van der Waals surface area contributed by atoms with Gasteiger partial charge >= 0.3 is 0 Å². The first-order valence-electron chi connectivity index (χ1n) is 16.6. The smallest absolute Gasteiger partial charge is 0.0701 e. The fourth-order valence-electron chi connectivity index (χ4n) is 7.34. The molecule has 1 aliphatic heterocycles. The maximum absolute atomic E-state index is 4.67.